The van der Waals surface area contributed by atoms with Crippen LogP contribution in [-0.2, 0) is 17.8 Å². The molecule has 1 aromatic rings. The van der Waals surface area contributed by atoms with E-state index in [0.29, 0.717) is 0 Å². The number of carboxylic acids is 1. The lowest BCUT2D eigenvalue weighted by Gasteiger charge is -2.13. The van der Waals surface area contributed by atoms with Crippen LogP contribution in [0.1, 0.15) is 43.2 Å². The zero-order valence-corrected chi connectivity index (χ0v) is 11.9. The topological polar surface area (TPSA) is 49.3 Å². The summed E-state index contributed by atoms with van der Waals surface area (Å²) >= 11 is 0. The smallest absolute Gasteiger partial charge is 0.307 e. The van der Waals surface area contributed by atoms with Crippen molar-refractivity contribution < 1.29 is 9.90 Å². The quantitative estimate of drug-likeness (QED) is 0.592. The summed E-state index contributed by atoms with van der Waals surface area (Å²) < 4.78 is 0. The van der Waals surface area contributed by atoms with Gasteiger partial charge in [-0.05, 0) is 49.8 Å². The molecule has 0 heterocycles. The van der Waals surface area contributed by atoms with E-state index in [1.165, 1.54) is 31.2 Å². The molecular weight excluding hydrogens is 250 g/mol. The summed E-state index contributed by atoms with van der Waals surface area (Å²) in [4.78, 5) is 10.6. The third-order valence-corrected chi connectivity index (χ3v) is 3.72. The van der Waals surface area contributed by atoms with Gasteiger partial charge < -0.3 is 10.4 Å². The maximum Gasteiger partial charge on any atom is 0.307 e. The summed E-state index contributed by atoms with van der Waals surface area (Å²) in [6.07, 6.45) is 8.85. The predicted octanol–water partition coefficient (Wildman–Crippen LogP) is 3.29. The van der Waals surface area contributed by atoms with Gasteiger partial charge in [0.05, 0.1) is 6.42 Å². The van der Waals surface area contributed by atoms with Crippen LogP contribution in [0.4, 0.5) is 0 Å². The third-order valence-electron chi connectivity index (χ3n) is 3.72. The molecule has 0 fully saturated rings. The van der Waals surface area contributed by atoms with Gasteiger partial charge in [-0.1, -0.05) is 35.9 Å². The molecule has 3 nitrogen and oxygen atoms in total. The number of carboxylic acid groups (broad SMARTS) is 1. The molecule has 0 amide bonds. The number of hydrogen-bond donors (Lipinski definition) is 2. The Labute approximate surface area is 120 Å². The summed E-state index contributed by atoms with van der Waals surface area (Å²) in [7, 11) is 0. The van der Waals surface area contributed by atoms with Crippen LogP contribution in [0.2, 0.25) is 0 Å². The first-order chi connectivity index (χ1) is 9.74. The van der Waals surface area contributed by atoms with Crippen molar-refractivity contribution in [2.75, 3.05) is 6.54 Å². The van der Waals surface area contributed by atoms with Crippen molar-refractivity contribution in [3.05, 3.63) is 47.0 Å². The predicted molar refractivity (Wildman–Crippen MR) is 80.7 cm³/mol. The standard InChI is InChI=1S/C17H23NO2/c19-17(20)12-15-6-8-16(9-7-15)13-18-11-10-14-4-2-1-3-5-14/h4,6-9,18H,1-3,5,10-13H2,(H,19,20). The largest absolute Gasteiger partial charge is 0.481 e. The minimum Gasteiger partial charge on any atom is -0.481 e. The summed E-state index contributed by atoms with van der Waals surface area (Å²) in [5.74, 6) is -0.781. The SMILES string of the molecule is O=C(O)Cc1ccc(CNCCC2=CCCCC2)cc1. The number of nitrogens with one attached hydrogen (secondary N) is 1. The molecule has 3 heteroatoms. The average molecular weight is 273 g/mol. The van der Waals surface area contributed by atoms with E-state index in [-0.39, 0.29) is 6.42 Å². The van der Waals surface area contributed by atoms with Gasteiger partial charge in [0.15, 0.2) is 0 Å². The molecule has 0 radical (unpaired) electrons. The Hall–Kier alpha value is -1.61. The van der Waals surface area contributed by atoms with Crippen molar-refractivity contribution in [3.63, 3.8) is 0 Å². The zero-order valence-electron chi connectivity index (χ0n) is 11.9. The second-order valence-corrected chi connectivity index (χ2v) is 5.42. The fraction of sp³-hybridized carbons (Fsp3) is 0.471. The fourth-order valence-corrected chi connectivity index (χ4v) is 2.56. The van der Waals surface area contributed by atoms with Crippen LogP contribution in [0, 0.1) is 0 Å². The lowest BCUT2D eigenvalue weighted by atomic mass is 9.97. The first-order valence-electron chi connectivity index (χ1n) is 7.42. The van der Waals surface area contributed by atoms with E-state index in [0.717, 1.165) is 25.1 Å². The molecule has 1 aromatic carbocycles. The second kappa shape index (κ2) is 7.85. The Morgan fingerprint density at radius 1 is 1.15 bits per heavy atom. The highest BCUT2D eigenvalue weighted by atomic mass is 16.4. The average Bonchev–Trinajstić information content (AvgIpc) is 2.46. The highest BCUT2D eigenvalue weighted by Crippen LogP contribution is 2.19. The van der Waals surface area contributed by atoms with Crippen LogP contribution in [0.3, 0.4) is 0 Å². The van der Waals surface area contributed by atoms with Crippen molar-refractivity contribution in [1.82, 2.24) is 5.32 Å². The maximum absolute atomic E-state index is 10.6. The van der Waals surface area contributed by atoms with E-state index >= 15 is 0 Å². The number of rotatable bonds is 7. The van der Waals surface area contributed by atoms with Gasteiger partial charge in [-0.15, -0.1) is 0 Å². The molecule has 2 rings (SSSR count). The molecule has 0 bridgehead atoms. The van der Waals surface area contributed by atoms with Gasteiger partial charge in [0.1, 0.15) is 0 Å². The molecule has 0 unspecified atom stereocenters. The van der Waals surface area contributed by atoms with Gasteiger partial charge in [0.25, 0.3) is 0 Å². The van der Waals surface area contributed by atoms with E-state index in [1.54, 1.807) is 5.57 Å². The molecule has 0 saturated heterocycles. The minimum atomic E-state index is -0.781. The summed E-state index contributed by atoms with van der Waals surface area (Å²) in [6, 6.07) is 7.81. The van der Waals surface area contributed by atoms with Gasteiger partial charge >= 0.3 is 5.97 Å². The van der Waals surface area contributed by atoms with Crippen LogP contribution >= 0.6 is 0 Å². The van der Waals surface area contributed by atoms with Gasteiger partial charge in [-0.25, -0.2) is 0 Å². The first kappa shape index (κ1) is 14.8. The normalized spacial score (nSPS) is 14.9. The maximum atomic E-state index is 10.6. The first-order valence-corrected chi connectivity index (χ1v) is 7.42. The van der Waals surface area contributed by atoms with Crippen molar-refractivity contribution in [2.45, 2.75) is 45.1 Å². The van der Waals surface area contributed by atoms with E-state index in [4.69, 9.17) is 5.11 Å². The van der Waals surface area contributed by atoms with Gasteiger partial charge in [-0.3, -0.25) is 4.79 Å². The molecule has 2 N–H and O–H groups in total. The lowest BCUT2D eigenvalue weighted by molar-refractivity contribution is -0.136. The summed E-state index contributed by atoms with van der Waals surface area (Å²) in [6.45, 7) is 1.86. The van der Waals surface area contributed by atoms with E-state index < -0.39 is 5.97 Å². The number of benzene rings is 1. The van der Waals surface area contributed by atoms with E-state index in [1.807, 2.05) is 24.3 Å². The number of hydrogen-bond acceptors (Lipinski definition) is 2. The molecule has 0 aromatic heterocycles. The van der Waals surface area contributed by atoms with Crippen molar-refractivity contribution in [3.8, 4) is 0 Å². The van der Waals surface area contributed by atoms with Crippen LogP contribution in [0.15, 0.2) is 35.9 Å². The second-order valence-electron chi connectivity index (χ2n) is 5.42. The Kier molecular flexibility index (Phi) is 5.81. The summed E-state index contributed by atoms with van der Waals surface area (Å²) in [5, 5.41) is 12.2. The number of carbonyl (C=O) groups is 1. The Morgan fingerprint density at radius 2 is 1.90 bits per heavy atom. The molecule has 1 aliphatic carbocycles. The fourth-order valence-electron chi connectivity index (χ4n) is 2.56. The van der Waals surface area contributed by atoms with Crippen LogP contribution in [0.25, 0.3) is 0 Å². The highest BCUT2D eigenvalue weighted by molar-refractivity contribution is 5.70. The van der Waals surface area contributed by atoms with E-state index in [9.17, 15) is 4.79 Å². The minimum absolute atomic E-state index is 0.0991. The van der Waals surface area contributed by atoms with Crippen molar-refractivity contribution >= 4 is 5.97 Å². The molecule has 0 atom stereocenters. The Morgan fingerprint density at radius 3 is 2.55 bits per heavy atom. The Bertz CT molecular complexity index is 462. The van der Waals surface area contributed by atoms with Gasteiger partial charge in [-0.2, -0.15) is 0 Å². The lowest BCUT2D eigenvalue weighted by Crippen LogP contribution is -2.15. The molecule has 0 spiro atoms. The van der Waals surface area contributed by atoms with Crippen LogP contribution in [-0.4, -0.2) is 17.6 Å². The third kappa shape index (κ3) is 5.17. The molecule has 20 heavy (non-hydrogen) atoms. The molecule has 0 aliphatic heterocycles. The summed E-state index contributed by atoms with van der Waals surface area (Å²) in [5.41, 5.74) is 3.66. The molecule has 0 saturated carbocycles. The van der Waals surface area contributed by atoms with E-state index in [2.05, 4.69) is 11.4 Å². The molecule has 1 aliphatic rings. The van der Waals surface area contributed by atoms with Crippen LogP contribution < -0.4 is 5.32 Å². The van der Waals surface area contributed by atoms with Crippen molar-refractivity contribution in [2.24, 2.45) is 0 Å². The van der Waals surface area contributed by atoms with Gasteiger partial charge in [0.2, 0.25) is 0 Å². The van der Waals surface area contributed by atoms with Gasteiger partial charge in [0, 0.05) is 6.54 Å². The van der Waals surface area contributed by atoms with Crippen LogP contribution in [0.5, 0.6) is 0 Å². The van der Waals surface area contributed by atoms with Crippen molar-refractivity contribution in [1.29, 1.82) is 0 Å². The molecular formula is C17H23NO2. The number of allylic oxidation sites excluding steroid dienone is 1. The molecule has 108 valence electrons. The zero-order chi connectivity index (χ0) is 14.2. The highest BCUT2D eigenvalue weighted by Gasteiger charge is 2.03. The Balaban J connectivity index is 1.68. The monoisotopic (exact) mass is 273 g/mol. The number of aliphatic carboxylic acids is 1.